The second-order valence-corrected chi connectivity index (χ2v) is 7.40. The lowest BCUT2D eigenvalue weighted by atomic mass is 9.99. The minimum atomic E-state index is 0.504. The fourth-order valence-electron chi connectivity index (χ4n) is 2.77. The highest BCUT2D eigenvalue weighted by Gasteiger charge is 2.16. The monoisotopic (exact) mass is 367 g/mol. The molecule has 2 rings (SSSR count). The normalized spacial score (nSPS) is 12.9. The van der Waals surface area contributed by atoms with E-state index in [-0.39, 0.29) is 0 Å². The van der Waals surface area contributed by atoms with E-state index in [1.54, 1.807) is 0 Å². The summed E-state index contributed by atoms with van der Waals surface area (Å²) in [5.41, 5.74) is 1.49. The molecule has 0 saturated heterocycles. The predicted molar refractivity (Wildman–Crippen MR) is 99.3 cm³/mol. The summed E-state index contributed by atoms with van der Waals surface area (Å²) in [7, 11) is 0. The van der Waals surface area contributed by atoms with Crippen LogP contribution >= 0.6 is 27.3 Å². The van der Waals surface area contributed by atoms with Gasteiger partial charge in [0.15, 0.2) is 0 Å². The first kappa shape index (κ1) is 17.0. The second kappa shape index (κ2) is 8.92. The second-order valence-electron chi connectivity index (χ2n) is 5.66. The number of hydrogen-bond acceptors (Lipinski definition) is 2. The molecule has 1 atom stereocenters. The zero-order valence-electron chi connectivity index (χ0n) is 13.1. The summed E-state index contributed by atoms with van der Waals surface area (Å²) in [5.74, 6) is 0. The van der Waals surface area contributed by atoms with Crippen LogP contribution in [0.2, 0.25) is 0 Å². The molecule has 1 heterocycles. The van der Waals surface area contributed by atoms with Crippen molar-refractivity contribution in [1.29, 1.82) is 0 Å². The van der Waals surface area contributed by atoms with Gasteiger partial charge in [0, 0.05) is 15.2 Å². The molecular weight excluding hydrogens is 342 g/mol. The van der Waals surface area contributed by atoms with E-state index in [1.165, 1.54) is 58.6 Å². The van der Waals surface area contributed by atoms with E-state index < -0.39 is 0 Å². The third kappa shape index (κ3) is 4.54. The van der Waals surface area contributed by atoms with Gasteiger partial charge in [-0.3, -0.25) is 0 Å². The molecule has 0 aliphatic rings. The summed E-state index contributed by atoms with van der Waals surface area (Å²) >= 11 is 5.53. The summed E-state index contributed by atoms with van der Waals surface area (Å²) in [6.45, 7) is 5.62. The van der Waals surface area contributed by atoms with Gasteiger partial charge in [0.1, 0.15) is 0 Å². The Morgan fingerprint density at radius 2 is 2.00 bits per heavy atom. The molecular formula is C18H26BrNS. The van der Waals surface area contributed by atoms with Gasteiger partial charge in [0.05, 0.1) is 0 Å². The Morgan fingerprint density at radius 3 is 2.76 bits per heavy atom. The molecule has 1 N–H and O–H groups in total. The number of thiophene rings is 1. The first-order valence-corrected chi connectivity index (χ1v) is 9.84. The molecule has 3 heteroatoms. The molecule has 1 unspecified atom stereocenters. The van der Waals surface area contributed by atoms with Crippen molar-refractivity contribution < 1.29 is 0 Å². The highest BCUT2D eigenvalue weighted by atomic mass is 79.9. The summed E-state index contributed by atoms with van der Waals surface area (Å²) < 4.78 is 2.60. The predicted octanol–water partition coefficient (Wildman–Crippen LogP) is 6.67. The maximum Gasteiger partial charge on any atom is 0.0488 e. The van der Waals surface area contributed by atoms with Crippen molar-refractivity contribution in [3.8, 4) is 0 Å². The van der Waals surface area contributed by atoms with Crippen LogP contribution in [0.15, 0.2) is 28.1 Å². The molecule has 0 spiro atoms. The highest BCUT2D eigenvalue weighted by Crippen LogP contribution is 2.36. The van der Waals surface area contributed by atoms with E-state index in [0.29, 0.717) is 6.04 Å². The van der Waals surface area contributed by atoms with Gasteiger partial charge in [-0.15, -0.1) is 11.3 Å². The largest absolute Gasteiger partial charge is 0.310 e. The van der Waals surface area contributed by atoms with E-state index in [1.807, 2.05) is 11.3 Å². The van der Waals surface area contributed by atoms with Crippen molar-refractivity contribution in [3.63, 3.8) is 0 Å². The Kier molecular flexibility index (Phi) is 7.21. The van der Waals surface area contributed by atoms with E-state index in [9.17, 15) is 0 Å². The van der Waals surface area contributed by atoms with Crippen molar-refractivity contribution >= 4 is 37.4 Å². The highest BCUT2D eigenvalue weighted by molar-refractivity contribution is 9.10. The topological polar surface area (TPSA) is 12.0 Å². The lowest BCUT2D eigenvalue weighted by molar-refractivity contribution is 0.473. The number of fused-ring (bicyclic) bond motifs is 1. The van der Waals surface area contributed by atoms with E-state index >= 15 is 0 Å². The quantitative estimate of drug-likeness (QED) is 0.487. The maximum absolute atomic E-state index is 3.75. The van der Waals surface area contributed by atoms with E-state index in [2.05, 4.69) is 58.7 Å². The molecule has 1 aromatic carbocycles. The van der Waals surface area contributed by atoms with Crippen LogP contribution in [-0.4, -0.2) is 6.54 Å². The van der Waals surface area contributed by atoms with Gasteiger partial charge in [-0.1, -0.05) is 51.7 Å². The molecule has 0 bridgehead atoms. The fourth-order valence-corrected chi connectivity index (χ4v) is 4.45. The minimum Gasteiger partial charge on any atom is -0.310 e. The van der Waals surface area contributed by atoms with Crippen LogP contribution in [0, 0.1) is 0 Å². The van der Waals surface area contributed by atoms with E-state index in [0.717, 1.165) is 6.54 Å². The molecule has 1 nitrogen and oxygen atoms in total. The average molecular weight is 368 g/mol. The smallest absolute Gasteiger partial charge is 0.0488 e. The molecule has 0 fully saturated rings. The zero-order chi connectivity index (χ0) is 15.1. The van der Waals surface area contributed by atoms with Gasteiger partial charge in [-0.05, 0) is 57.7 Å². The molecule has 2 aromatic rings. The zero-order valence-corrected chi connectivity index (χ0v) is 15.5. The molecule has 1 aromatic heterocycles. The maximum atomic E-state index is 3.75. The molecule has 0 radical (unpaired) electrons. The van der Waals surface area contributed by atoms with Gasteiger partial charge >= 0.3 is 0 Å². The van der Waals surface area contributed by atoms with Crippen LogP contribution in [-0.2, 0) is 0 Å². The molecule has 0 aliphatic heterocycles. The summed E-state index contributed by atoms with van der Waals surface area (Å²) in [6, 6.07) is 7.05. The lowest BCUT2D eigenvalue weighted by Crippen LogP contribution is -2.21. The van der Waals surface area contributed by atoms with Gasteiger partial charge in [0.2, 0.25) is 0 Å². The van der Waals surface area contributed by atoms with Crippen molar-refractivity contribution in [3.05, 3.63) is 33.6 Å². The van der Waals surface area contributed by atoms with Gasteiger partial charge in [-0.2, -0.15) is 0 Å². The van der Waals surface area contributed by atoms with Crippen molar-refractivity contribution in [2.45, 2.75) is 58.4 Å². The van der Waals surface area contributed by atoms with Crippen LogP contribution in [0.1, 0.15) is 64.0 Å². The fraction of sp³-hybridized carbons (Fsp3) is 0.556. The first-order chi connectivity index (χ1) is 10.3. The van der Waals surface area contributed by atoms with Gasteiger partial charge in [-0.25, -0.2) is 0 Å². The summed E-state index contributed by atoms with van der Waals surface area (Å²) in [6.07, 6.45) is 7.78. The minimum absolute atomic E-state index is 0.504. The van der Waals surface area contributed by atoms with Crippen molar-refractivity contribution in [1.82, 2.24) is 5.32 Å². The third-order valence-corrected chi connectivity index (χ3v) is 5.91. The Hall–Kier alpha value is -0.380. The lowest BCUT2D eigenvalue weighted by Gasteiger charge is -2.18. The van der Waals surface area contributed by atoms with Crippen LogP contribution in [0.4, 0.5) is 0 Å². The average Bonchev–Trinajstić information content (AvgIpc) is 2.92. The van der Waals surface area contributed by atoms with Crippen molar-refractivity contribution in [2.24, 2.45) is 0 Å². The summed E-state index contributed by atoms with van der Waals surface area (Å²) in [4.78, 5) is 0. The Bertz CT molecular complexity index is 549. The number of rotatable bonds is 9. The number of hydrogen-bond donors (Lipinski definition) is 1. The number of unbranched alkanes of at least 4 members (excludes halogenated alkanes) is 3. The van der Waals surface area contributed by atoms with Crippen LogP contribution in [0.3, 0.4) is 0 Å². The molecule has 0 amide bonds. The number of halogens is 1. The Labute approximate surface area is 141 Å². The van der Waals surface area contributed by atoms with E-state index in [4.69, 9.17) is 0 Å². The first-order valence-electron chi connectivity index (χ1n) is 8.16. The molecule has 116 valence electrons. The van der Waals surface area contributed by atoms with Crippen LogP contribution < -0.4 is 5.32 Å². The number of benzene rings is 1. The summed E-state index contributed by atoms with van der Waals surface area (Å²) in [5, 5.41) is 7.52. The molecule has 0 aliphatic carbocycles. The van der Waals surface area contributed by atoms with Gasteiger partial charge < -0.3 is 5.32 Å². The standard InChI is InChI=1S/C18H26BrNS/c1-3-5-6-7-11-17(20-12-4-2)15-13-21-18-14(15)9-8-10-16(18)19/h8-10,13,17,20H,3-7,11-12H2,1-2H3. The number of nitrogens with one attached hydrogen (secondary N) is 1. The Balaban J connectivity index is 2.15. The van der Waals surface area contributed by atoms with Gasteiger partial charge in [0.25, 0.3) is 0 Å². The Morgan fingerprint density at radius 1 is 1.14 bits per heavy atom. The molecule has 21 heavy (non-hydrogen) atoms. The van der Waals surface area contributed by atoms with Crippen molar-refractivity contribution in [2.75, 3.05) is 6.54 Å². The van der Waals surface area contributed by atoms with Crippen LogP contribution in [0.25, 0.3) is 10.1 Å². The SMILES string of the molecule is CCCCCCC(NCCC)c1csc2c(Br)cccc12. The van der Waals surface area contributed by atoms with Crippen LogP contribution in [0.5, 0.6) is 0 Å². The molecule has 0 saturated carbocycles. The third-order valence-electron chi connectivity index (χ3n) is 3.94.